The van der Waals surface area contributed by atoms with Crippen molar-refractivity contribution in [1.82, 2.24) is 10.3 Å². The summed E-state index contributed by atoms with van der Waals surface area (Å²) >= 11 is 1.06. The normalized spacial score (nSPS) is 12.6. The average molecular weight is 359 g/mol. The van der Waals surface area contributed by atoms with Gasteiger partial charge in [0.15, 0.2) is 0 Å². The molecule has 0 aliphatic carbocycles. The zero-order valence-electron chi connectivity index (χ0n) is 12.8. The molecule has 3 aromatic rings. The summed E-state index contributed by atoms with van der Waals surface area (Å²) in [5.74, 6) is 0. The quantitative estimate of drug-likeness (QED) is 0.675. The molecule has 1 aromatic heterocycles. The summed E-state index contributed by atoms with van der Waals surface area (Å²) in [7, 11) is 0. The van der Waals surface area contributed by atoms with E-state index in [1.54, 1.807) is 60.7 Å². The van der Waals surface area contributed by atoms with Crippen LogP contribution in [0.4, 0.5) is 13.2 Å². The molecule has 1 N–H and O–H groups in total. The summed E-state index contributed by atoms with van der Waals surface area (Å²) in [4.78, 5) is 4.17. The minimum Gasteiger partial charge on any atom is -0.376 e. The number of benzene rings is 2. The van der Waals surface area contributed by atoms with E-state index in [0.29, 0.717) is 11.1 Å². The zero-order chi connectivity index (χ0) is 17.9. The molecule has 0 bridgehead atoms. The first-order valence-electron chi connectivity index (χ1n) is 7.34. The molecule has 0 saturated carbocycles. The number of alkyl halides is 3. The lowest BCUT2D eigenvalue weighted by atomic mass is 10.2. The number of nitriles is 1. The highest BCUT2D eigenvalue weighted by Crippen LogP contribution is 2.34. The molecule has 126 valence electrons. The van der Waals surface area contributed by atoms with Crippen LogP contribution < -0.4 is 5.32 Å². The van der Waals surface area contributed by atoms with Crippen LogP contribution in [0.25, 0.3) is 15.8 Å². The maximum Gasteiger partial charge on any atom is 0.432 e. The van der Waals surface area contributed by atoms with Crippen LogP contribution in [0.3, 0.4) is 0 Å². The van der Waals surface area contributed by atoms with Crippen LogP contribution in [-0.4, -0.2) is 11.2 Å². The summed E-state index contributed by atoms with van der Waals surface area (Å²) in [5, 5.41) is 11.8. The molecule has 0 spiro atoms. The molecule has 0 aliphatic heterocycles. The zero-order valence-corrected chi connectivity index (χ0v) is 13.7. The summed E-state index contributed by atoms with van der Waals surface area (Å²) < 4.78 is 41.3. The standard InChI is InChI=1S/C18H12F3N3S/c19-18(20,21)16(23-11-12-6-2-1-3-7-12)13(10-22)17-24-14-8-4-5-9-15(14)25-17/h1-9,23H,11H2. The van der Waals surface area contributed by atoms with Crippen molar-refractivity contribution >= 4 is 27.1 Å². The number of nitrogens with one attached hydrogen (secondary N) is 1. The minimum atomic E-state index is -4.68. The van der Waals surface area contributed by atoms with Gasteiger partial charge in [-0.3, -0.25) is 0 Å². The van der Waals surface area contributed by atoms with Crippen molar-refractivity contribution in [3.8, 4) is 6.07 Å². The number of aromatic nitrogens is 1. The molecule has 0 radical (unpaired) electrons. The van der Waals surface area contributed by atoms with Gasteiger partial charge >= 0.3 is 6.18 Å². The molecule has 0 fully saturated rings. The van der Waals surface area contributed by atoms with Gasteiger partial charge in [-0.15, -0.1) is 11.3 Å². The lowest BCUT2D eigenvalue weighted by molar-refractivity contribution is -0.0961. The van der Waals surface area contributed by atoms with E-state index in [4.69, 9.17) is 0 Å². The van der Waals surface area contributed by atoms with Crippen LogP contribution in [-0.2, 0) is 6.54 Å². The highest BCUT2D eigenvalue weighted by molar-refractivity contribution is 7.19. The van der Waals surface area contributed by atoms with Gasteiger partial charge in [0, 0.05) is 6.54 Å². The Labute approximate surface area is 146 Å². The number of halogens is 3. The molecule has 0 aliphatic rings. The number of rotatable bonds is 4. The highest BCUT2D eigenvalue weighted by atomic mass is 32.1. The molecule has 0 saturated heterocycles. The molecule has 25 heavy (non-hydrogen) atoms. The maximum absolute atomic E-state index is 13.5. The molecule has 1 heterocycles. The predicted octanol–water partition coefficient (Wildman–Crippen LogP) is 4.88. The van der Waals surface area contributed by atoms with Gasteiger partial charge in [-0.2, -0.15) is 18.4 Å². The molecule has 2 aromatic carbocycles. The Hall–Kier alpha value is -2.85. The van der Waals surface area contributed by atoms with E-state index < -0.39 is 17.4 Å². The van der Waals surface area contributed by atoms with Gasteiger partial charge in [-0.05, 0) is 17.7 Å². The van der Waals surface area contributed by atoms with Gasteiger partial charge in [0.1, 0.15) is 22.3 Å². The third-order valence-electron chi connectivity index (χ3n) is 3.47. The Morgan fingerprint density at radius 3 is 2.40 bits per heavy atom. The van der Waals surface area contributed by atoms with E-state index in [9.17, 15) is 18.4 Å². The number of fused-ring (bicyclic) bond motifs is 1. The summed E-state index contributed by atoms with van der Waals surface area (Å²) in [5.41, 5.74) is -0.312. The van der Waals surface area contributed by atoms with E-state index in [0.717, 1.165) is 16.0 Å². The maximum atomic E-state index is 13.5. The van der Waals surface area contributed by atoms with Crippen LogP contribution in [0, 0.1) is 11.3 Å². The fourth-order valence-corrected chi connectivity index (χ4v) is 3.27. The fourth-order valence-electron chi connectivity index (χ4n) is 2.31. The van der Waals surface area contributed by atoms with Crippen molar-refractivity contribution in [2.75, 3.05) is 0 Å². The molecular formula is C18H12F3N3S. The van der Waals surface area contributed by atoms with Crippen molar-refractivity contribution in [3.05, 3.63) is 70.9 Å². The van der Waals surface area contributed by atoms with Crippen LogP contribution >= 0.6 is 11.3 Å². The molecule has 7 heteroatoms. The van der Waals surface area contributed by atoms with Gasteiger partial charge in [-0.1, -0.05) is 42.5 Å². The van der Waals surface area contributed by atoms with Gasteiger partial charge in [0.25, 0.3) is 0 Å². The SMILES string of the molecule is N#CC(=C(NCc1ccccc1)C(F)(F)F)c1nc2ccccc2s1. The first kappa shape index (κ1) is 17.0. The molecule has 0 amide bonds. The largest absolute Gasteiger partial charge is 0.432 e. The highest BCUT2D eigenvalue weighted by Gasteiger charge is 2.38. The van der Waals surface area contributed by atoms with E-state index in [2.05, 4.69) is 10.3 Å². The number of para-hydroxylation sites is 1. The van der Waals surface area contributed by atoms with Gasteiger partial charge in [0.05, 0.1) is 10.2 Å². The Morgan fingerprint density at radius 1 is 1.08 bits per heavy atom. The Morgan fingerprint density at radius 2 is 1.76 bits per heavy atom. The monoisotopic (exact) mass is 359 g/mol. The molecule has 3 nitrogen and oxygen atoms in total. The first-order valence-corrected chi connectivity index (χ1v) is 8.16. The van der Waals surface area contributed by atoms with E-state index in [1.807, 2.05) is 0 Å². The summed E-state index contributed by atoms with van der Waals surface area (Å²) in [6.45, 7) is -0.0360. The second-order valence-corrected chi connectivity index (χ2v) is 6.22. The Bertz CT molecular complexity index is 920. The minimum absolute atomic E-state index is 0.0360. The number of hydrogen-bond acceptors (Lipinski definition) is 4. The lowest BCUT2D eigenvalue weighted by Gasteiger charge is -2.15. The molecule has 0 atom stereocenters. The van der Waals surface area contributed by atoms with Crippen molar-refractivity contribution in [2.45, 2.75) is 12.7 Å². The van der Waals surface area contributed by atoms with E-state index >= 15 is 0 Å². The summed E-state index contributed by atoms with van der Waals surface area (Å²) in [6, 6.07) is 17.4. The lowest BCUT2D eigenvalue weighted by Crippen LogP contribution is -2.27. The van der Waals surface area contributed by atoms with Gasteiger partial charge in [0.2, 0.25) is 0 Å². The van der Waals surface area contributed by atoms with E-state index in [1.165, 1.54) is 0 Å². The topological polar surface area (TPSA) is 48.7 Å². The molecular weight excluding hydrogens is 347 g/mol. The molecule has 0 unspecified atom stereocenters. The average Bonchev–Trinajstić information content (AvgIpc) is 3.02. The smallest absolute Gasteiger partial charge is 0.376 e. The fraction of sp³-hybridized carbons (Fsp3) is 0.111. The number of thiazole rings is 1. The van der Waals surface area contributed by atoms with Gasteiger partial charge in [-0.25, -0.2) is 4.98 Å². The Balaban J connectivity index is 2.02. The summed E-state index contributed by atoms with van der Waals surface area (Å²) in [6.07, 6.45) is -4.68. The van der Waals surface area contributed by atoms with Crippen molar-refractivity contribution in [3.63, 3.8) is 0 Å². The first-order chi connectivity index (χ1) is 12.0. The second-order valence-electron chi connectivity index (χ2n) is 5.19. The van der Waals surface area contributed by atoms with Crippen molar-refractivity contribution in [2.24, 2.45) is 0 Å². The van der Waals surface area contributed by atoms with Crippen LogP contribution in [0.5, 0.6) is 0 Å². The van der Waals surface area contributed by atoms with Crippen molar-refractivity contribution in [1.29, 1.82) is 5.26 Å². The van der Waals surface area contributed by atoms with Crippen LogP contribution in [0.15, 0.2) is 60.3 Å². The van der Waals surface area contributed by atoms with Crippen LogP contribution in [0.2, 0.25) is 0 Å². The van der Waals surface area contributed by atoms with E-state index in [-0.39, 0.29) is 11.6 Å². The number of nitrogens with zero attached hydrogens (tertiary/aromatic N) is 2. The van der Waals surface area contributed by atoms with Crippen LogP contribution in [0.1, 0.15) is 10.6 Å². The third kappa shape index (κ3) is 3.80. The molecule has 3 rings (SSSR count). The predicted molar refractivity (Wildman–Crippen MR) is 91.5 cm³/mol. The second kappa shape index (κ2) is 6.95. The van der Waals surface area contributed by atoms with Crippen molar-refractivity contribution < 1.29 is 13.2 Å². The number of allylic oxidation sites excluding steroid dienone is 2. The number of hydrogen-bond donors (Lipinski definition) is 1. The van der Waals surface area contributed by atoms with Gasteiger partial charge < -0.3 is 5.32 Å². The third-order valence-corrected chi connectivity index (χ3v) is 4.52. The Kier molecular flexibility index (Phi) is 4.72.